The second-order valence-corrected chi connectivity index (χ2v) is 5.89. The van der Waals surface area contributed by atoms with Crippen molar-refractivity contribution >= 4 is 5.91 Å². The minimum Gasteiger partial charge on any atom is -0.494 e. The number of unbranched alkanes of at least 4 members (excludes halogenated alkanes) is 1. The van der Waals surface area contributed by atoms with Crippen molar-refractivity contribution in [2.75, 3.05) is 20.2 Å². The van der Waals surface area contributed by atoms with Crippen molar-refractivity contribution in [2.45, 2.75) is 33.6 Å². The third-order valence-corrected chi connectivity index (χ3v) is 4.05. The highest BCUT2D eigenvalue weighted by molar-refractivity contribution is 5.94. The Balaban J connectivity index is 2.49. The largest absolute Gasteiger partial charge is 0.494 e. The van der Waals surface area contributed by atoms with E-state index in [-0.39, 0.29) is 22.9 Å². The molecule has 6 heteroatoms. The zero-order valence-corrected chi connectivity index (χ0v) is 15.3. The van der Waals surface area contributed by atoms with E-state index in [0.29, 0.717) is 18.8 Å². The summed E-state index contributed by atoms with van der Waals surface area (Å²) < 4.78 is 6.47. The summed E-state index contributed by atoms with van der Waals surface area (Å²) >= 11 is 0. The molecule has 0 radical (unpaired) electrons. The SMILES string of the molecule is CCCCN(CC)C(=O)c1nn(-c2ccc(C)cc2)c(=O)cc1OC. The summed E-state index contributed by atoms with van der Waals surface area (Å²) in [5, 5.41) is 4.31. The molecule has 1 aromatic carbocycles. The molecular weight excluding hydrogens is 318 g/mol. The lowest BCUT2D eigenvalue weighted by atomic mass is 10.2. The maximum atomic E-state index is 12.9. The van der Waals surface area contributed by atoms with E-state index in [1.165, 1.54) is 17.9 Å². The van der Waals surface area contributed by atoms with Gasteiger partial charge in [-0.2, -0.15) is 9.78 Å². The standard InChI is InChI=1S/C19H25N3O3/c1-5-7-12-21(6-2)19(24)18-16(25-4)13-17(23)22(20-18)15-10-8-14(3)9-11-15/h8-11,13H,5-7,12H2,1-4H3. The number of aryl methyl sites for hydroxylation is 1. The second kappa shape index (κ2) is 8.46. The van der Waals surface area contributed by atoms with Crippen LogP contribution in [0.2, 0.25) is 0 Å². The summed E-state index contributed by atoms with van der Waals surface area (Å²) in [5.41, 5.74) is 1.51. The molecule has 1 heterocycles. The van der Waals surface area contributed by atoms with Crippen molar-refractivity contribution in [3.8, 4) is 11.4 Å². The Bertz CT molecular complexity index is 781. The highest BCUT2D eigenvalue weighted by atomic mass is 16.5. The number of carbonyl (C=O) groups is 1. The fourth-order valence-corrected chi connectivity index (χ4v) is 2.52. The molecule has 0 aliphatic heterocycles. The van der Waals surface area contributed by atoms with Crippen LogP contribution in [0.4, 0.5) is 0 Å². The van der Waals surface area contributed by atoms with Gasteiger partial charge in [0.15, 0.2) is 11.4 Å². The molecule has 0 unspecified atom stereocenters. The maximum absolute atomic E-state index is 12.9. The number of hydrogen-bond acceptors (Lipinski definition) is 4. The molecule has 0 saturated heterocycles. The smallest absolute Gasteiger partial charge is 0.278 e. The van der Waals surface area contributed by atoms with Crippen molar-refractivity contribution in [2.24, 2.45) is 0 Å². The van der Waals surface area contributed by atoms with E-state index < -0.39 is 0 Å². The van der Waals surface area contributed by atoms with E-state index >= 15 is 0 Å². The summed E-state index contributed by atoms with van der Waals surface area (Å²) in [7, 11) is 1.44. The molecule has 0 atom stereocenters. The molecule has 0 saturated carbocycles. The Labute approximate surface area is 148 Å². The van der Waals surface area contributed by atoms with Crippen LogP contribution in [0.25, 0.3) is 5.69 Å². The van der Waals surface area contributed by atoms with Gasteiger partial charge in [-0.15, -0.1) is 0 Å². The van der Waals surface area contributed by atoms with E-state index in [4.69, 9.17) is 4.74 Å². The molecule has 0 aliphatic carbocycles. The molecule has 0 fully saturated rings. The molecule has 1 amide bonds. The van der Waals surface area contributed by atoms with Gasteiger partial charge in [-0.05, 0) is 32.4 Å². The molecule has 2 aromatic rings. The average molecular weight is 343 g/mol. The highest BCUT2D eigenvalue weighted by Crippen LogP contribution is 2.17. The molecule has 0 spiro atoms. The lowest BCUT2D eigenvalue weighted by Crippen LogP contribution is -2.34. The zero-order chi connectivity index (χ0) is 18.4. The van der Waals surface area contributed by atoms with E-state index in [9.17, 15) is 9.59 Å². The average Bonchev–Trinajstić information content (AvgIpc) is 2.62. The van der Waals surface area contributed by atoms with Gasteiger partial charge in [-0.1, -0.05) is 31.0 Å². The Hall–Kier alpha value is -2.63. The Morgan fingerprint density at radius 2 is 1.92 bits per heavy atom. The van der Waals surface area contributed by atoms with Crippen molar-refractivity contribution in [3.05, 3.63) is 51.9 Å². The minimum absolute atomic E-state index is 0.153. The number of rotatable bonds is 7. The van der Waals surface area contributed by atoms with E-state index in [1.807, 2.05) is 26.0 Å². The van der Waals surface area contributed by atoms with E-state index in [2.05, 4.69) is 12.0 Å². The number of amides is 1. The van der Waals surface area contributed by atoms with Crippen LogP contribution in [0.5, 0.6) is 5.75 Å². The van der Waals surface area contributed by atoms with Gasteiger partial charge in [-0.3, -0.25) is 9.59 Å². The number of aromatic nitrogens is 2. The molecule has 25 heavy (non-hydrogen) atoms. The molecule has 2 rings (SSSR count). The Kier molecular flexibility index (Phi) is 6.33. The van der Waals surface area contributed by atoms with Gasteiger partial charge in [0.05, 0.1) is 18.9 Å². The number of ether oxygens (including phenoxy) is 1. The molecular formula is C19H25N3O3. The van der Waals surface area contributed by atoms with Crippen LogP contribution in [0.3, 0.4) is 0 Å². The monoisotopic (exact) mass is 343 g/mol. The summed E-state index contributed by atoms with van der Waals surface area (Å²) in [6, 6.07) is 8.72. The fraction of sp³-hybridized carbons (Fsp3) is 0.421. The summed E-state index contributed by atoms with van der Waals surface area (Å²) in [4.78, 5) is 27.0. The topological polar surface area (TPSA) is 64.4 Å². The molecule has 0 aliphatic rings. The number of carbonyl (C=O) groups excluding carboxylic acids is 1. The number of hydrogen-bond donors (Lipinski definition) is 0. The summed E-state index contributed by atoms with van der Waals surface area (Å²) in [5.74, 6) is -0.0260. The van der Waals surface area contributed by atoms with Crippen LogP contribution in [0, 0.1) is 6.92 Å². The Morgan fingerprint density at radius 3 is 2.48 bits per heavy atom. The van der Waals surface area contributed by atoms with Crippen molar-refractivity contribution < 1.29 is 9.53 Å². The lowest BCUT2D eigenvalue weighted by Gasteiger charge is -2.21. The van der Waals surface area contributed by atoms with E-state index in [0.717, 1.165) is 18.4 Å². The van der Waals surface area contributed by atoms with Crippen LogP contribution in [-0.2, 0) is 0 Å². The van der Waals surface area contributed by atoms with Crippen LogP contribution >= 0.6 is 0 Å². The Morgan fingerprint density at radius 1 is 1.24 bits per heavy atom. The maximum Gasteiger partial charge on any atom is 0.278 e. The number of nitrogens with zero attached hydrogens (tertiary/aromatic N) is 3. The van der Waals surface area contributed by atoms with Crippen LogP contribution < -0.4 is 10.3 Å². The molecule has 134 valence electrons. The fourth-order valence-electron chi connectivity index (χ4n) is 2.52. The lowest BCUT2D eigenvalue weighted by molar-refractivity contribution is 0.0750. The molecule has 0 bridgehead atoms. The predicted octanol–water partition coefficient (Wildman–Crippen LogP) is 2.81. The van der Waals surface area contributed by atoms with Crippen molar-refractivity contribution in [1.82, 2.24) is 14.7 Å². The van der Waals surface area contributed by atoms with Crippen LogP contribution in [-0.4, -0.2) is 40.8 Å². The number of benzene rings is 1. The first-order valence-electron chi connectivity index (χ1n) is 8.56. The van der Waals surface area contributed by atoms with Gasteiger partial charge in [0, 0.05) is 13.1 Å². The predicted molar refractivity (Wildman–Crippen MR) is 97.6 cm³/mol. The quantitative estimate of drug-likeness (QED) is 0.775. The van der Waals surface area contributed by atoms with Gasteiger partial charge in [0.2, 0.25) is 0 Å². The molecule has 1 aromatic heterocycles. The third kappa shape index (κ3) is 4.26. The van der Waals surface area contributed by atoms with Crippen molar-refractivity contribution in [1.29, 1.82) is 0 Å². The third-order valence-electron chi connectivity index (χ3n) is 4.05. The normalized spacial score (nSPS) is 10.6. The van der Waals surface area contributed by atoms with Gasteiger partial charge in [0.1, 0.15) is 0 Å². The van der Waals surface area contributed by atoms with Gasteiger partial charge in [-0.25, -0.2) is 0 Å². The first kappa shape index (κ1) is 18.7. The minimum atomic E-state index is -0.339. The number of methoxy groups -OCH3 is 1. The highest BCUT2D eigenvalue weighted by Gasteiger charge is 2.22. The van der Waals surface area contributed by atoms with Crippen molar-refractivity contribution in [3.63, 3.8) is 0 Å². The van der Waals surface area contributed by atoms with Crippen LogP contribution in [0.15, 0.2) is 35.1 Å². The molecule has 6 nitrogen and oxygen atoms in total. The van der Waals surface area contributed by atoms with Gasteiger partial charge in [0.25, 0.3) is 11.5 Å². The summed E-state index contributed by atoms with van der Waals surface area (Å²) in [6.45, 7) is 7.20. The van der Waals surface area contributed by atoms with Gasteiger partial charge < -0.3 is 9.64 Å². The zero-order valence-electron chi connectivity index (χ0n) is 15.3. The first-order chi connectivity index (χ1) is 12.0. The van der Waals surface area contributed by atoms with Gasteiger partial charge >= 0.3 is 0 Å². The van der Waals surface area contributed by atoms with E-state index in [1.54, 1.807) is 17.0 Å². The van der Waals surface area contributed by atoms with Crippen LogP contribution in [0.1, 0.15) is 42.7 Å². The summed E-state index contributed by atoms with van der Waals surface area (Å²) in [6.07, 6.45) is 1.91. The first-order valence-corrected chi connectivity index (χ1v) is 8.56. The second-order valence-electron chi connectivity index (χ2n) is 5.89. The molecule has 0 N–H and O–H groups in total.